The minimum absolute atomic E-state index is 1.35. The number of carboxylic acids is 7. The Morgan fingerprint density at radius 1 is 0.419 bits per heavy atom. The lowest BCUT2D eigenvalue weighted by Crippen LogP contribution is -2.24. The largest absolute Gasteiger partial charge is 0.478 e. The number of pyridine rings is 1. The maximum atomic E-state index is 11.8. The lowest BCUT2D eigenvalue weighted by molar-refractivity contribution is 0.0619. The summed E-state index contributed by atoms with van der Waals surface area (Å²) < 4.78 is 0. The topological polar surface area (TPSA) is 274 Å². The number of nitrogens with zero attached hydrogens (tertiary/aromatic N) is 1. The Hall–Kier alpha value is -5.08. The summed E-state index contributed by atoms with van der Waals surface area (Å²) in [5.74, 6) is -15.7. The quantitative estimate of drug-likeness (QED) is 0.303. The van der Waals surface area contributed by atoms with Crippen LogP contribution in [-0.4, -0.2) is 82.5 Å². The van der Waals surface area contributed by atoms with Crippen LogP contribution in [0.3, 0.4) is 0 Å². The van der Waals surface area contributed by atoms with E-state index in [1.54, 1.807) is 0 Å². The maximum absolute atomic E-state index is 11.8. The number of aromatic nitrogens is 1. The molecule has 0 aliphatic heterocycles. The third kappa shape index (κ3) is 3.31. The van der Waals surface area contributed by atoms with Gasteiger partial charge in [-0.05, 0) is 0 Å². The summed E-state index contributed by atoms with van der Waals surface area (Å²) in [7, 11) is 0. The summed E-state index contributed by atoms with van der Waals surface area (Å²) in [5.41, 5.74) is -12.5. The van der Waals surface area contributed by atoms with Gasteiger partial charge >= 0.3 is 41.8 Å². The lowest BCUT2D eigenvalue weighted by atomic mass is 9.87. The van der Waals surface area contributed by atoms with Crippen LogP contribution >= 0.6 is 0 Å². The van der Waals surface area contributed by atoms with Crippen molar-refractivity contribution in [2.24, 2.45) is 0 Å². The third-order valence-corrected chi connectivity index (χ3v) is 3.92. The molecule has 0 fully saturated rings. The lowest BCUT2D eigenvalue weighted by Gasteiger charge is -2.17. The minimum atomic E-state index is -2.30. The molecule has 0 saturated carbocycles. The Kier molecular flexibility index (Phi) is 5.30. The summed E-state index contributed by atoms with van der Waals surface area (Å²) in [6, 6.07) is 0. The summed E-state index contributed by atoms with van der Waals surface area (Å²) >= 11 is 0. The van der Waals surface area contributed by atoms with Gasteiger partial charge in [-0.3, -0.25) is 0 Å². The number of hydrogen-bond acceptors (Lipinski definition) is 8. The fourth-order valence-corrected chi connectivity index (χ4v) is 2.93. The summed E-state index contributed by atoms with van der Waals surface area (Å²) in [5, 5.41) is 64.2. The molecule has 0 aliphatic carbocycles. The number of rotatable bonds is 7. The van der Waals surface area contributed by atoms with E-state index in [1.807, 2.05) is 0 Å². The number of carboxylic acid groups (broad SMARTS) is 7. The van der Waals surface area contributed by atoms with E-state index in [4.69, 9.17) is 0 Å². The van der Waals surface area contributed by atoms with E-state index < -0.39 is 91.8 Å². The number of aromatic carboxylic acids is 7. The van der Waals surface area contributed by atoms with E-state index in [9.17, 15) is 69.3 Å². The third-order valence-electron chi connectivity index (χ3n) is 3.92. The van der Waals surface area contributed by atoms with Crippen molar-refractivity contribution >= 4 is 52.7 Å². The average Bonchev–Trinajstić information content (AvgIpc) is 2.62. The van der Waals surface area contributed by atoms with Crippen molar-refractivity contribution < 1.29 is 69.3 Å². The Morgan fingerprint density at radius 2 is 0.742 bits per heavy atom. The molecule has 2 aromatic rings. The second-order valence-electron chi connectivity index (χ2n) is 5.57. The Bertz CT molecular complexity index is 1250. The number of carbonyl (C=O) groups is 7. The van der Waals surface area contributed by atoms with Gasteiger partial charge in [0.1, 0.15) is 11.1 Å². The standard InChI is InChI=1S/C16H7NO14/c18-10(19)2-1-3(11(20)21)7(15(28)29)9(16(30)31)17-8(1)6(14(26)27)5(13(24)25)4(2)12(22)23/h(H,18,19)(H,20,21)(H,22,23)(H,24,25)(H,26,27)(H,28,29)(H,30,31). The molecule has 160 valence electrons. The zero-order valence-electron chi connectivity index (χ0n) is 14.4. The second-order valence-corrected chi connectivity index (χ2v) is 5.57. The molecule has 0 unspecified atom stereocenters. The van der Waals surface area contributed by atoms with Crippen LogP contribution in [0.15, 0.2) is 0 Å². The number of fused-ring (bicyclic) bond motifs is 1. The van der Waals surface area contributed by atoms with E-state index in [2.05, 4.69) is 4.98 Å². The summed E-state index contributed by atoms with van der Waals surface area (Å²) in [6.45, 7) is 0. The highest BCUT2D eigenvalue weighted by atomic mass is 16.4. The van der Waals surface area contributed by atoms with Gasteiger partial charge in [-0.15, -0.1) is 0 Å². The summed E-state index contributed by atoms with van der Waals surface area (Å²) in [4.78, 5) is 84.7. The molecule has 0 saturated heterocycles. The van der Waals surface area contributed by atoms with Crippen molar-refractivity contribution in [2.75, 3.05) is 0 Å². The van der Waals surface area contributed by atoms with E-state index in [0.717, 1.165) is 0 Å². The van der Waals surface area contributed by atoms with Crippen molar-refractivity contribution in [3.63, 3.8) is 0 Å². The molecule has 0 atom stereocenters. The molecule has 0 spiro atoms. The molecule has 15 nitrogen and oxygen atoms in total. The molecular formula is C16H7NO14. The Balaban J connectivity index is 3.62. The zero-order chi connectivity index (χ0) is 23.9. The number of benzene rings is 1. The van der Waals surface area contributed by atoms with Crippen LogP contribution in [0, 0.1) is 0 Å². The molecular weight excluding hydrogens is 430 g/mol. The van der Waals surface area contributed by atoms with Gasteiger partial charge in [0.15, 0.2) is 5.69 Å². The normalized spacial score (nSPS) is 10.5. The first-order chi connectivity index (χ1) is 14.2. The molecule has 1 aromatic heterocycles. The first-order valence-electron chi connectivity index (χ1n) is 7.44. The molecule has 0 amide bonds. The maximum Gasteiger partial charge on any atom is 0.355 e. The number of hydrogen-bond donors (Lipinski definition) is 7. The van der Waals surface area contributed by atoms with Crippen LogP contribution in [0.25, 0.3) is 10.9 Å². The van der Waals surface area contributed by atoms with Gasteiger partial charge in [-0.2, -0.15) is 0 Å². The van der Waals surface area contributed by atoms with Gasteiger partial charge in [0.2, 0.25) is 0 Å². The molecule has 0 bridgehead atoms. The zero-order valence-corrected chi connectivity index (χ0v) is 14.4. The highest BCUT2D eigenvalue weighted by molar-refractivity contribution is 6.27. The molecule has 0 aliphatic rings. The first-order valence-corrected chi connectivity index (χ1v) is 7.44. The fourth-order valence-electron chi connectivity index (χ4n) is 2.93. The van der Waals surface area contributed by atoms with E-state index in [1.165, 1.54) is 0 Å². The minimum Gasteiger partial charge on any atom is -0.478 e. The van der Waals surface area contributed by atoms with E-state index in [-0.39, 0.29) is 0 Å². The Morgan fingerprint density at radius 3 is 1.06 bits per heavy atom. The van der Waals surface area contributed by atoms with Crippen LogP contribution in [0.5, 0.6) is 0 Å². The predicted molar refractivity (Wildman–Crippen MR) is 90.5 cm³/mol. The van der Waals surface area contributed by atoms with Crippen LogP contribution < -0.4 is 0 Å². The van der Waals surface area contributed by atoms with Crippen molar-refractivity contribution in [3.8, 4) is 0 Å². The SMILES string of the molecule is O=C(O)c1nc2c(C(=O)O)c(C(=O)O)c(C(=O)O)c(C(=O)O)c2c(C(=O)O)c1C(=O)O. The predicted octanol–water partition coefficient (Wildman–Crippen LogP) is 0.122. The van der Waals surface area contributed by atoms with Crippen LogP contribution in [0.4, 0.5) is 0 Å². The highest BCUT2D eigenvalue weighted by Crippen LogP contribution is 2.35. The van der Waals surface area contributed by atoms with Gasteiger partial charge in [-0.25, -0.2) is 38.5 Å². The van der Waals surface area contributed by atoms with Gasteiger partial charge in [0.25, 0.3) is 0 Å². The van der Waals surface area contributed by atoms with Crippen molar-refractivity contribution in [1.82, 2.24) is 4.98 Å². The van der Waals surface area contributed by atoms with E-state index >= 15 is 0 Å². The van der Waals surface area contributed by atoms with Gasteiger partial charge in [0.05, 0.1) is 27.8 Å². The van der Waals surface area contributed by atoms with Crippen molar-refractivity contribution in [2.45, 2.75) is 0 Å². The highest BCUT2D eigenvalue weighted by Gasteiger charge is 2.39. The van der Waals surface area contributed by atoms with Crippen LogP contribution in [0.1, 0.15) is 72.6 Å². The van der Waals surface area contributed by atoms with Gasteiger partial charge in [-0.1, -0.05) is 0 Å². The molecule has 7 N–H and O–H groups in total. The second kappa shape index (κ2) is 7.39. The van der Waals surface area contributed by atoms with E-state index in [0.29, 0.717) is 0 Å². The van der Waals surface area contributed by atoms with Crippen molar-refractivity contribution in [3.05, 3.63) is 39.1 Å². The van der Waals surface area contributed by atoms with Crippen molar-refractivity contribution in [1.29, 1.82) is 0 Å². The Labute approximate surface area is 167 Å². The fraction of sp³-hybridized carbons (Fsp3) is 0. The molecule has 2 rings (SSSR count). The van der Waals surface area contributed by atoms with Crippen LogP contribution in [-0.2, 0) is 0 Å². The summed E-state index contributed by atoms with van der Waals surface area (Å²) in [6.07, 6.45) is 0. The monoisotopic (exact) mass is 437 g/mol. The first kappa shape index (κ1) is 22.2. The smallest absolute Gasteiger partial charge is 0.355 e. The molecule has 1 aromatic carbocycles. The molecule has 0 radical (unpaired) electrons. The van der Waals surface area contributed by atoms with Gasteiger partial charge in [0, 0.05) is 5.39 Å². The molecule has 15 heteroatoms. The molecule has 1 heterocycles. The van der Waals surface area contributed by atoms with Gasteiger partial charge < -0.3 is 35.7 Å². The molecule has 31 heavy (non-hydrogen) atoms. The van der Waals surface area contributed by atoms with Crippen LogP contribution in [0.2, 0.25) is 0 Å². The average molecular weight is 437 g/mol.